The number of para-hydroxylation sites is 1. The van der Waals surface area contributed by atoms with E-state index in [-0.39, 0.29) is 5.28 Å². The van der Waals surface area contributed by atoms with Gasteiger partial charge in [-0.25, -0.2) is 5.43 Å². The lowest BCUT2D eigenvalue weighted by Crippen LogP contribution is -3.16. The molecule has 1 atom stereocenters. The maximum absolute atomic E-state index is 10.8. The van der Waals surface area contributed by atoms with Gasteiger partial charge in [0.2, 0.25) is 0 Å². The monoisotopic (exact) mass is 153 g/mol. The molecular weight excluding hydrogens is 142 g/mol. The van der Waals surface area contributed by atoms with Crippen LogP contribution in [0.4, 0.5) is 5.69 Å². The lowest BCUT2D eigenvalue weighted by atomic mass is 10.3. The molecule has 0 aliphatic heterocycles. The van der Waals surface area contributed by atoms with Crippen molar-refractivity contribution in [1.29, 1.82) is 0 Å². The largest absolute Gasteiger partial charge is 0.588 e. The number of rotatable bonds is 3. The van der Waals surface area contributed by atoms with E-state index in [9.17, 15) is 5.21 Å². The number of quaternary nitrogens is 1. The van der Waals surface area contributed by atoms with Gasteiger partial charge in [-0.15, -0.1) is 5.43 Å². The van der Waals surface area contributed by atoms with Gasteiger partial charge in [0.25, 0.3) is 0 Å². The SMILES string of the molecule is CN[NH+]([O-])Nc1ccccc1. The van der Waals surface area contributed by atoms with E-state index < -0.39 is 0 Å². The lowest BCUT2D eigenvalue weighted by molar-refractivity contribution is -0.870. The molecule has 4 nitrogen and oxygen atoms in total. The quantitative estimate of drug-likeness (QED) is 0.515. The Kier molecular flexibility index (Phi) is 2.85. The molecule has 0 saturated carbocycles. The smallest absolute Gasteiger partial charge is 0.0874 e. The molecule has 1 aromatic carbocycles. The maximum atomic E-state index is 10.8. The Balaban J connectivity index is 2.51. The van der Waals surface area contributed by atoms with Crippen molar-refractivity contribution in [2.75, 3.05) is 12.5 Å². The summed E-state index contributed by atoms with van der Waals surface area (Å²) in [6.45, 7) is 0. The van der Waals surface area contributed by atoms with Crippen LogP contribution >= 0.6 is 0 Å². The molecule has 0 aromatic heterocycles. The minimum absolute atomic E-state index is 0.198. The average Bonchev–Trinajstić information content (AvgIpc) is 2.06. The molecule has 0 radical (unpaired) electrons. The molecule has 0 fully saturated rings. The van der Waals surface area contributed by atoms with Crippen LogP contribution in [0.15, 0.2) is 30.3 Å². The Hall–Kier alpha value is -1.10. The number of hydrogen-bond acceptors (Lipinski definition) is 3. The standard InChI is InChI=1S/C7H11N3O/c1-8-10(11)9-7-5-3-2-4-6-7/h2-6,8-10H,1H3. The lowest BCUT2D eigenvalue weighted by Gasteiger charge is -2.20. The first-order valence-electron chi connectivity index (χ1n) is 3.36. The third kappa shape index (κ3) is 2.55. The molecule has 0 bridgehead atoms. The van der Waals surface area contributed by atoms with E-state index in [1.807, 2.05) is 30.3 Å². The molecule has 1 rings (SSSR count). The second kappa shape index (κ2) is 3.92. The summed E-state index contributed by atoms with van der Waals surface area (Å²) >= 11 is 0. The molecule has 1 aromatic rings. The van der Waals surface area contributed by atoms with Gasteiger partial charge in [-0.1, -0.05) is 18.2 Å². The number of hydrogen-bond donors (Lipinski definition) is 3. The highest BCUT2D eigenvalue weighted by Crippen LogP contribution is 2.00. The molecule has 3 N–H and O–H groups in total. The molecular formula is C7H11N3O. The first-order valence-corrected chi connectivity index (χ1v) is 3.36. The van der Waals surface area contributed by atoms with Gasteiger partial charge in [-0.2, -0.15) is 5.28 Å². The number of benzene rings is 1. The van der Waals surface area contributed by atoms with E-state index in [1.54, 1.807) is 7.05 Å². The summed E-state index contributed by atoms with van der Waals surface area (Å²) in [6.07, 6.45) is 0. The highest BCUT2D eigenvalue weighted by Gasteiger charge is 1.91. The van der Waals surface area contributed by atoms with Crippen LogP contribution in [-0.2, 0) is 0 Å². The molecule has 0 spiro atoms. The molecule has 0 heterocycles. The fourth-order valence-corrected chi connectivity index (χ4v) is 0.715. The Morgan fingerprint density at radius 2 is 1.91 bits per heavy atom. The third-order valence-electron chi connectivity index (χ3n) is 1.26. The van der Waals surface area contributed by atoms with Gasteiger partial charge in [0.05, 0.1) is 5.69 Å². The van der Waals surface area contributed by atoms with Gasteiger partial charge in [0, 0.05) is 7.05 Å². The van der Waals surface area contributed by atoms with Gasteiger partial charge < -0.3 is 5.21 Å². The summed E-state index contributed by atoms with van der Waals surface area (Å²) in [5, 5.41) is 10.6. The highest BCUT2D eigenvalue weighted by molar-refractivity contribution is 5.39. The summed E-state index contributed by atoms with van der Waals surface area (Å²) < 4.78 is 0. The van der Waals surface area contributed by atoms with Crippen LogP contribution in [-0.4, -0.2) is 7.05 Å². The van der Waals surface area contributed by atoms with Crippen molar-refractivity contribution in [2.24, 2.45) is 0 Å². The van der Waals surface area contributed by atoms with Crippen LogP contribution in [0.2, 0.25) is 0 Å². The second-order valence-corrected chi connectivity index (χ2v) is 2.07. The second-order valence-electron chi connectivity index (χ2n) is 2.07. The van der Waals surface area contributed by atoms with E-state index in [0.717, 1.165) is 5.69 Å². The predicted molar refractivity (Wildman–Crippen MR) is 43.5 cm³/mol. The number of anilines is 1. The van der Waals surface area contributed by atoms with Crippen molar-refractivity contribution in [1.82, 2.24) is 5.43 Å². The zero-order chi connectivity index (χ0) is 8.10. The number of nitrogens with one attached hydrogen (secondary N) is 3. The van der Waals surface area contributed by atoms with E-state index in [2.05, 4.69) is 10.9 Å². The molecule has 0 aliphatic rings. The van der Waals surface area contributed by atoms with Gasteiger partial charge in [-0.3, -0.25) is 0 Å². The van der Waals surface area contributed by atoms with Crippen molar-refractivity contribution in [3.8, 4) is 0 Å². The maximum Gasteiger partial charge on any atom is 0.0874 e. The van der Waals surface area contributed by atoms with Gasteiger partial charge in [0.15, 0.2) is 0 Å². The fourth-order valence-electron chi connectivity index (χ4n) is 0.715. The molecule has 11 heavy (non-hydrogen) atoms. The summed E-state index contributed by atoms with van der Waals surface area (Å²) in [4.78, 5) is 0. The van der Waals surface area contributed by atoms with Gasteiger partial charge in [0.1, 0.15) is 0 Å². The molecule has 0 saturated heterocycles. The van der Waals surface area contributed by atoms with Crippen LogP contribution in [0.3, 0.4) is 0 Å². The Labute approximate surface area is 65.3 Å². The van der Waals surface area contributed by atoms with Crippen molar-refractivity contribution in [2.45, 2.75) is 0 Å². The van der Waals surface area contributed by atoms with Gasteiger partial charge >= 0.3 is 0 Å². The Bertz CT molecular complexity index is 202. The van der Waals surface area contributed by atoms with Gasteiger partial charge in [-0.05, 0) is 12.1 Å². The van der Waals surface area contributed by atoms with Crippen molar-refractivity contribution in [3.63, 3.8) is 0 Å². The van der Waals surface area contributed by atoms with Crippen molar-refractivity contribution >= 4 is 5.69 Å². The van der Waals surface area contributed by atoms with E-state index in [4.69, 9.17) is 0 Å². The fraction of sp³-hybridized carbons (Fsp3) is 0.143. The highest BCUT2D eigenvalue weighted by atomic mass is 16.6. The van der Waals surface area contributed by atoms with Crippen molar-refractivity contribution in [3.05, 3.63) is 35.5 Å². The summed E-state index contributed by atoms with van der Waals surface area (Å²) in [5.41, 5.74) is 5.90. The average molecular weight is 153 g/mol. The zero-order valence-corrected chi connectivity index (χ0v) is 6.29. The molecule has 1 unspecified atom stereocenters. The van der Waals surface area contributed by atoms with Crippen LogP contribution in [0.5, 0.6) is 0 Å². The minimum Gasteiger partial charge on any atom is -0.588 e. The molecule has 0 amide bonds. The van der Waals surface area contributed by atoms with Crippen molar-refractivity contribution < 1.29 is 5.28 Å². The van der Waals surface area contributed by atoms with Crippen LogP contribution in [0.1, 0.15) is 0 Å². The van der Waals surface area contributed by atoms with Crippen LogP contribution < -0.4 is 16.1 Å². The summed E-state index contributed by atoms with van der Waals surface area (Å²) in [6, 6.07) is 9.29. The molecule has 4 heteroatoms. The van der Waals surface area contributed by atoms with Crippen LogP contribution in [0, 0.1) is 5.21 Å². The van der Waals surface area contributed by atoms with E-state index in [0.29, 0.717) is 0 Å². The first-order chi connectivity index (χ1) is 5.33. The Morgan fingerprint density at radius 3 is 2.45 bits per heavy atom. The van der Waals surface area contributed by atoms with E-state index >= 15 is 0 Å². The Morgan fingerprint density at radius 1 is 1.27 bits per heavy atom. The molecule has 60 valence electrons. The summed E-state index contributed by atoms with van der Waals surface area (Å²) in [5.74, 6) is 0. The third-order valence-corrected chi connectivity index (χ3v) is 1.26. The zero-order valence-electron chi connectivity index (χ0n) is 6.29. The molecule has 0 aliphatic carbocycles. The summed E-state index contributed by atoms with van der Waals surface area (Å²) in [7, 11) is 1.58. The normalized spacial score (nSPS) is 12.5. The van der Waals surface area contributed by atoms with Crippen LogP contribution in [0.25, 0.3) is 0 Å². The first kappa shape index (κ1) is 8.00. The predicted octanol–water partition coefficient (Wildman–Crippen LogP) is -0.469. The van der Waals surface area contributed by atoms with E-state index in [1.165, 1.54) is 0 Å². The topological polar surface area (TPSA) is 51.6 Å². The minimum atomic E-state index is -0.198.